The molecular formula is C9H14F3NO5S. The molecule has 0 aliphatic rings. The lowest BCUT2D eigenvalue weighted by Gasteiger charge is -2.18. The van der Waals surface area contributed by atoms with Crippen LogP contribution in [0, 0.1) is 5.92 Å². The van der Waals surface area contributed by atoms with Crippen LogP contribution < -0.4 is 0 Å². The molecule has 6 nitrogen and oxygen atoms in total. The lowest BCUT2D eigenvalue weighted by Crippen LogP contribution is -2.30. The third-order valence-electron chi connectivity index (χ3n) is 2.10. The summed E-state index contributed by atoms with van der Waals surface area (Å²) in [5, 5.41) is 12.4. The number of ether oxygens (including phenoxy) is 1. The summed E-state index contributed by atoms with van der Waals surface area (Å²) in [4.78, 5) is 0. The molecule has 10 heteroatoms. The van der Waals surface area contributed by atoms with Crippen LogP contribution in [0.1, 0.15) is 6.92 Å². The standard InChI is InChI=1S/C9H14F3NO5S/c1-4-8(14)7(5-17-3)6(2)13-18-19(15,16)9(10,11)12/h4,7-8,14H,1,5H2,2-3H3. The largest absolute Gasteiger partial charge is 0.536 e. The van der Waals surface area contributed by atoms with E-state index < -0.39 is 27.6 Å². The van der Waals surface area contributed by atoms with Crippen molar-refractivity contribution in [2.24, 2.45) is 11.1 Å². The van der Waals surface area contributed by atoms with E-state index in [2.05, 4.69) is 16.0 Å². The van der Waals surface area contributed by atoms with Crippen molar-refractivity contribution in [1.82, 2.24) is 0 Å². The molecule has 2 atom stereocenters. The second kappa shape index (κ2) is 6.87. The fourth-order valence-corrected chi connectivity index (χ4v) is 1.33. The Balaban J connectivity index is 5.02. The zero-order valence-electron chi connectivity index (χ0n) is 10.2. The molecule has 0 fully saturated rings. The Hall–Kier alpha value is -1.13. The molecule has 0 aromatic heterocycles. The molecule has 0 aromatic rings. The summed E-state index contributed by atoms with van der Waals surface area (Å²) in [5.74, 6) is -0.870. The van der Waals surface area contributed by atoms with Crippen LogP contribution in [0.15, 0.2) is 17.8 Å². The van der Waals surface area contributed by atoms with Crippen molar-refractivity contribution in [3.63, 3.8) is 0 Å². The summed E-state index contributed by atoms with van der Waals surface area (Å²) in [6.07, 6.45) is -0.0538. The highest BCUT2D eigenvalue weighted by Crippen LogP contribution is 2.25. The highest BCUT2D eigenvalue weighted by molar-refractivity contribution is 7.87. The minimum atomic E-state index is -5.81. The summed E-state index contributed by atoms with van der Waals surface area (Å²) in [6.45, 7) is 4.39. The van der Waals surface area contributed by atoms with E-state index in [4.69, 9.17) is 4.74 Å². The van der Waals surface area contributed by atoms with Gasteiger partial charge in [-0.25, -0.2) is 0 Å². The van der Waals surface area contributed by atoms with Gasteiger partial charge in [0.05, 0.1) is 24.3 Å². The van der Waals surface area contributed by atoms with Gasteiger partial charge < -0.3 is 9.84 Å². The second-order valence-electron chi connectivity index (χ2n) is 3.50. The molecule has 0 amide bonds. The van der Waals surface area contributed by atoms with Gasteiger partial charge in [0.25, 0.3) is 0 Å². The number of aliphatic hydroxyl groups excluding tert-OH is 1. The molecule has 0 aliphatic heterocycles. The van der Waals surface area contributed by atoms with Crippen molar-refractivity contribution in [1.29, 1.82) is 0 Å². The smallest absolute Gasteiger partial charge is 0.388 e. The van der Waals surface area contributed by atoms with Crippen molar-refractivity contribution >= 4 is 15.8 Å². The number of halogens is 3. The van der Waals surface area contributed by atoms with Gasteiger partial charge in [0, 0.05) is 7.11 Å². The quantitative estimate of drug-likeness (QED) is 0.329. The first kappa shape index (κ1) is 17.9. The van der Waals surface area contributed by atoms with Crippen molar-refractivity contribution in [2.45, 2.75) is 18.5 Å². The van der Waals surface area contributed by atoms with E-state index in [-0.39, 0.29) is 12.3 Å². The lowest BCUT2D eigenvalue weighted by molar-refractivity contribution is -0.0541. The molecule has 0 spiro atoms. The maximum atomic E-state index is 12.0. The van der Waals surface area contributed by atoms with Crippen molar-refractivity contribution in [3.05, 3.63) is 12.7 Å². The molecule has 0 rings (SSSR count). The Labute approximate surface area is 108 Å². The summed E-state index contributed by atoms with van der Waals surface area (Å²) >= 11 is 0. The van der Waals surface area contributed by atoms with E-state index in [1.807, 2.05) is 0 Å². The first-order valence-electron chi connectivity index (χ1n) is 4.90. The van der Waals surface area contributed by atoms with E-state index in [0.29, 0.717) is 0 Å². The topological polar surface area (TPSA) is 85.2 Å². The van der Waals surface area contributed by atoms with Gasteiger partial charge in [-0.2, -0.15) is 21.6 Å². The van der Waals surface area contributed by atoms with Crippen LogP contribution in [0.5, 0.6) is 0 Å². The molecule has 1 N–H and O–H groups in total. The average molecular weight is 305 g/mol. The summed E-state index contributed by atoms with van der Waals surface area (Å²) < 4.78 is 65.4. The number of oxime groups is 1. The van der Waals surface area contributed by atoms with Crippen molar-refractivity contribution in [2.75, 3.05) is 13.7 Å². The number of hydrogen-bond acceptors (Lipinski definition) is 6. The van der Waals surface area contributed by atoms with Gasteiger partial charge in [-0.05, 0) is 6.92 Å². The highest BCUT2D eigenvalue weighted by Gasteiger charge is 2.49. The summed E-state index contributed by atoms with van der Waals surface area (Å²) in [6, 6.07) is 0. The summed E-state index contributed by atoms with van der Waals surface area (Å²) in [7, 11) is -4.51. The summed E-state index contributed by atoms with van der Waals surface area (Å²) in [5.41, 5.74) is -5.74. The van der Waals surface area contributed by atoms with Crippen LogP contribution in [0.3, 0.4) is 0 Å². The SMILES string of the molecule is C=CC(O)C(COC)C(C)=NOS(=O)(=O)C(F)(F)F. The van der Waals surface area contributed by atoms with Gasteiger partial charge in [0.1, 0.15) is 0 Å². The first-order valence-corrected chi connectivity index (χ1v) is 6.31. The third kappa shape index (κ3) is 5.17. The van der Waals surface area contributed by atoms with E-state index in [1.165, 1.54) is 14.0 Å². The number of methoxy groups -OCH3 is 1. The first-order chi connectivity index (χ1) is 8.56. The minimum absolute atomic E-state index is 0.0993. The molecule has 19 heavy (non-hydrogen) atoms. The second-order valence-corrected chi connectivity index (χ2v) is 5.02. The highest BCUT2D eigenvalue weighted by atomic mass is 32.2. The zero-order chi connectivity index (χ0) is 15.3. The molecule has 0 saturated heterocycles. The monoisotopic (exact) mass is 305 g/mol. The van der Waals surface area contributed by atoms with Gasteiger partial charge in [-0.3, -0.25) is 4.28 Å². The predicted molar refractivity (Wildman–Crippen MR) is 60.7 cm³/mol. The Morgan fingerprint density at radius 3 is 2.42 bits per heavy atom. The van der Waals surface area contributed by atoms with Gasteiger partial charge in [0.2, 0.25) is 0 Å². The molecule has 0 radical (unpaired) electrons. The van der Waals surface area contributed by atoms with Gasteiger partial charge in [-0.15, -0.1) is 6.58 Å². The van der Waals surface area contributed by atoms with E-state index in [1.54, 1.807) is 0 Å². The molecule has 2 unspecified atom stereocenters. The van der Waals surface area contributed by atoms with Crippen LogP contribution in [-0.2, 0) is 19.1 Å². The van der Waals surface area contributed by atoms with Crippen LogP contribution in [0.2, 0.25) is 0 Å². The Morgan fingerprint density at radius 2 is 2.05 bits per heavy atom. The predicted octanol–water partition coefficient (Wildman–Crippen LogP) is 1.04. The Kier molecular flexibility index (Phi) is 6.46. The van der Waals surface area contributed by atoms with Gasteiger partial charge in [0.15, 0.2) is 0 Å². The lowest BCUT2D eigenvalue weighted by atomic mass is 9.99. The van der Waals surface area contributed by atoms with Crippen LogP contribution in [-0.4, -0.2) is 44.6 Å². The van der Waals surface area contributed by atoms with Gasteiger partial charge in [-0.1, -0.05) is 11.2 Å². The fourth-order valence-electron chi connectivity index (χ4n) is 1.03. The fraction of sp³-hybridized carbons (Fsp3) is 0.667. The van der Waals surface area contributed by atoms with Crippen LogP contribution in [0.4, 0.5) is 13.2 Å². The number of nitrogens with zero attached hydrogens (tertiary/aromatic N) is 1. The number of aliphatic hydroxyl groups is 1. The Bertz CT molecular complexity index is 432. The number of alkyl halides is 3. The molecular weight excluding hydrogens is 291 g/mol. The van der Waals surface area contributed by atoms with Crippen LogP contribution >= 0.6 is 0 Å². The average Bonchev–Trinajstić information content (AvgIpc) is 2.30. The minimum Gasteiger partial charge on any atom is -0.388 e. The zero-order valence-corrected chi connectivity index (χ0v) is 11.0. The van der Waals surface area contributed by atoms with Gasteiger partial charge >= 0.3 is 15.6 Å². The maximum Gasteiger partial charge on any atom is 0.536 e. The number of hydrogen-bond donors (Lipinski definition) is 1. The van der Waals surface area contributed by atoms with Crippen LogP contribution in [0.25, 0.3) is 0 Å². The molecule has 0 saturated carbocycles. The third-order valence-corrected chi connectivity index (χ3v) is 2.94. The van der Waals surface area contributed by atoms with E-state index in [9.17, 15) is 26.7 Å². The molecule has 0 aliphatic carbocycles. The van der Waals surface area contributed by atoms with E-state index >= 15 is 0 Å². The van der Waals surface area contributed by atoms with E-state index in [0.717, 1.165) is 6.08 Å². The maximum absolute atomic E-state index is 12.0. The van der Waals surface area contributed by atoms with Crippen molar-refractivity contribution < 1.29 is 35.7 Å². The molecule has 0 aromatic carbocycles. The molecule has 0 bridgehead atoms. The molecule has 112 valence electrons. The molecule has 0 heterocycles. The number of rotatable bonds is 7. The normalized spacial score (nSPS) is 16.8. The van der Waals surface area contributed by atoms with Crippen molar-refractivity contribution in [3.8, 4) is 0 Å². The Morgan fingerprint density at radius 1 is 1.53 bits per heavy atom.